The van der Waals surface area contributed by atoms with Gasteiger partial charge in [-0.3, -0.25) is 9.78 Å². The first kappa shape index (κ1) is 23.3. The van der Waals surface area contributed by atoms with Crippen molar-refractivity contribution in [3.05, 3.63) is 41.4 Å². The normalized spacial score (nSPS) is 16.3. The van der Waals surface area contributed by atoms with Crippen LogP contribution >= 0.6 is 11.6 Å². The molecular formula is C21H24ClFN6O4. The second kappa shape index (κ2) is 8.82. The number of ether oxygens (including phenoxy) is 1. The smallest absolute Gasteiger partial charge is 0.255 e. The van der Waals surface area contributed by atoms with E-state index in [0.29, 0.717) is 27.6 Å². The van der Waals surface area contributed by atoms with Gasteiger partial charge in [-0.05, 0) is 19.9 Å². The van der Waals surface area contributed by atoms with Gasteiger partial charge < -0.3 is 25.6 Å². The van der Waals surface area contributed by atoms with Crippen molar-refractivity contribution in [2.24, 2.45) is 0 Å². The Labute approximate surface area is 193 Å². The van der Waals surface area contributed by atoms with Gasteiger partial charge in [-0.15, -0.1) is 0 Å². The summed E-state index contributed by atoms with van der Waals surface area (Å²) in [5.41, 5.74) is -0.503. The van der Waals surface area contributed by atoms with E-state index >= 15 is 0 Å². The van der Waals surface area contributed by atoms with Crippen molar-refractivity contribution >= 4 is 28.8 Å². The van der Waals surface area contributed by atoms with Crippen molar-refractivity contribution in [2.75, 3.05) is 31.6 Å². The molecule has 176 valence electrons. The fraction of sp³-hybridized carbons (Fsp3) is 0.429. The van der Waals surface area contributed by atoms with Crippen molar-refractivity contribution < 1.29 is 24.1 Å². The highest BCUT2D eigenvalue weighted by Gasteiger charge is 2.36. The summed E-state index contributed by atoms with van der Waals surface area (Å²) in [4.78, 5) is 21.4. The Kier molecular flexibility index (Phi) is 6.23. The summed E-state index contributed by atoms with van der Waals surface area (Å²) in [5.74, 6) is -0.579. The highest BCUT2D eigenvalue weighted by atomic mass is 35.5. The van der Waals surface area contributed by atoms with Gasteiger partial charge >= 0.3 is 0 Å². The molecule has 1 fully saturated rings. The molecule has 3 aromatic rings. The van der Waals surface area contributed by atoms with E-state index in [-0.39, 0.29) is 31.9 Å². The molecule has 4 N–H and O–H groups in total. The molecule has 1 aliphatic heterocycles. The lowest BCUT2D eigenvalue weighted by molar-refractivity contribution is -0.168. The maximum Gasteiger partial charge on any atom is 0.255 e. The Morgan fingerprint density at radius 1 is 1.36 bits per heavy atom. The van der Waals surface area contributed by atoms with E-state index in [1.807, 2.05) is 0 Å². The van der Waals surface area contributed by atoms with E-state index in [9.17, 15) is 19.4 Å². The molecular weight excluding hydrogens is 455 g/mol. The Balaban J connectivity index is 1.63. The molecule has 0 aliphatic carbocycles. The summed E-state index contributed by atoms with van der Waals surface area (Å²) in [5, 5.41) is 30.3. The first-order chi connectivity index (χ1) is 15.6. The predicted octanol–water partition coefficient (Wildman–Crippen LogP) is 1.46. The Bertz CT molecular complexity index is 1180. The summed E-state index contributed by atoms with van der Waals surface area (Å²) >= 11 is 5.97. The lowest BCUT2D eigenvalue weighted by Gasteiger charge is -2.36. The topological polar surface area (TPSA) is 134 Å². The lowest BCUT2D eigenvalue weighted by atomic mass is 10.0. The SMILES string of the molecule is CC(C)(O)[C@H](F)CNC(=O)c1cnc(-c2cnn3cc(Cl)cnc23)cc1NCC1(O)COC1. The maximum absolute atomic E-state index is 14.1. The van der Waals surface area contributed by atoms with Crippen molar-refractivity contribution in [1.82, 2.24) is 24.9 Å². The first-order valence-corrected chi connectivity index (χ1v) is 10.6. The van der Waals surface area contributed by atoms with Crippen molar-refractivity contribution in [2.45, 2.75) is 31.2 Å². The molecule has 0 spiro atoms. The van der Waals surface area contributed by atoms with Crippen LogP contribution in [0.15, 0.2) is 30.9 Å². The van der Waals surface area contributed by atoms with E-state index in [0.717, 1.165) is 0 Å². The average Bonchev–Trinajstić information content (AvgIpc) is 3.16. The second-order valence-corrected chi connectivity index (χ2v) is 9.05. The number of anilines is 1. The third-order valence-corrected chi connectivity index (χ3v) is 5.50. The number of hydrogen-bond donors (Lipinski definition) is 4. The molecule has 33 heavy (non-hydrogen) atoms. The van der Waals surface area contributed by atoms with Crippen molar-refractivity contribution in [3.8, 4) is 11.3 Å². The summed E-state index contributed by atoms with van der Waals surface area (Å²) in [6.45, 7) is 2.76. The highest BCUT2D eigenvalue weighted by Crippen LogP contribution is 2.28. The summed E-state index contributed by atoms with van der Waals surface area (Å²) in [7, 11) is 0. The number of carbonyl (C=O) groups excluding carboxylic acids is 1. The third-order valence-electron chi connectivity index (χ3n) is 5.31. The van der Waals surface area contributed by atoms with Crippen LogP contribution in [0, 0.1) is 0 Å². The standard InChI is InChI=1S/C21H24ClFN6O4/c1-20(2,31)17(23)7-26-19(30)14-5-24-15(3-16(14)27-9-21(32)10-33-11-21)13-6-28-29-8-12(22)4-25-18(13)29/h3-6,8,17,31-32H,7,9-11H2,1-2H3,(H,24,27)(H,26,30)/t17-/m1/s1. The van der Waals surface area contributed by atoms with Crippen LogP contribution in [0.4, 0.5) is 10.1 Å². The zero-order valence-electron chi connectivity index (χ0n) is 18.0. The number of aromatic nitrogens is 4. The van der Waals surface area contributed by atoms with Gasteiger partial charge in [-0.2, -0.15) is 5.10 Å². The van der Waals surface area contributed by atoms with Crippen LogP contribution in [-0.2, 0) is 4.74 Å². The van der Waals surface area contributed by atoms with Crippen LogP contribution in [0.1, 0.15) is 24.2 Å². The largest absolute Gasteiger partial charge is 0.387 e. The molecule has 12 heteroatoms. The van der Waals surface area contributed by atoms with Crippen LogP contribution in [0.3, 0.4) is 0 Å². The molecule has 1 saturated heterocycles. The van der Waals surface area contributed by atoms with Gasteiger partial charge in [0.05, 0.1) is 65.3 Å². The number of nitrogens with one attached hydrogen (secondary N) is 2. The number of amides is 1. The molecule has 4 rings (SSSR count). The molecule has 0 bridgehead atoms. The van der Waals surface area contributed by atoms with E-state index in [2.05, 4.69) is 25.7 Å². The van der Waals surface area contributed by atoms with Crippen LogP contribution in [0.5, 0.6) is 0 Å². The predicted molar refractivity (Wildman–Crippen MR) is 119 cm³/mol. The van der Waals surface area contributed by atoms with Gasteiger partial charge in [0, 0.05) is 18.9 Å². The van der Waals surface area contributed by atoms with E-state index < -0.39 is 23.3 Å². The van der Waals surface area contributed by atoms with E-state index in [4.69, 9.17) is 16.3 Å². The quantitative estimate of drug-likeness (QED) is 0.382. The molecule has 0 unspecified atom stereocenters. The summed E-state index contributed by atoms with van der Waals surface area (Å²) in [6, 6.07) is 1.63. The van der Waals surface area contributed by atoms with E-state index in [1.165, 1.54) is 30.8 Å². The van der Waals surface area contributed by atoms with Crippen LogP contribution in [0.2, 0.25) is 5.02 Å². The Hall–Kier alpha value is -2.86. The first-order valence-electron chi connectivity index (χ1n) is 10.2. The van der Waals surface area contributed by atoms with E-state index in [1.54, 1.807) is 18.5 Å². The molecule has 1 atom stereocenters. The minimum Gasteiger partial charge on any atom is -0.387 e. The number of carbonyl (C=O) groups is 1. The maximum atomic E-state index is 14.1. The van der Waals surface area contributed by atoms with Gasteiger partial charge in [0.15, 0.2) is 5.65 Å². The zero-order chi connectivity index (χ0) is 23.8. The zero-order valence-corrected chi connectivity index (χ0v) is 18.8. The van der Waals surface area contributed by atoms with Gasteiger partial charge in [0.25, 0.3) is 5.91 Å². The second-order valence-electron chi connectivity index (χ2n) is 8.62. The minimum absolute atomic E-state index is 0.134. The van der Waals surface area contributed by atoms with Crippen LogP contribution < -0.4 is 10.6 Å². The molecule has 0 radical (unpaired) electrons. The molecule has 0 saturated carbocycles. The monoisotopic (exact) mass is 478 g/mol. The number of nitrogens with zero attached hydrogens (tertiary/aromatic N) is 4. The molecule has 10 nitrogen and oxygen atoms in total. The summed E-state index contributed by atoms with van der Waals surface area (Å²) < 4.78 is 20.7. The highest BCUT2D eigenvalue weighted by molar-refractivity contribution is 6.30. The Morgan fingerprint density at radius 3 is 2.79 bits per heavy atom. The number of fused-ring (bicyclic) bond motifs is 1. The van der Waals surface area contributed by atoms with Gasteiger partial charge in [0.1, 0.15) is 11.8 Å². The number of hydrogen-bond acceptors (Lipinski definition) is 8. The van der Waals surface area contributed by atoms with Crippen LogP contribution in [-0.4, -0.2) is 79.4 Å². The molecule has 3 aromatic heterocycles. The molecule has 4 heterocycles. The fourth-order valence-corrected chi connectivity index (χ4v) is 3.33. The van der Waals surface area contributed by atoms with Crippen molar-refractivity contribution in [1.29, 1.82) is 0 Å². The minimum atomic E-state index is -1.66. The number of halogens is 2. The third kappa shape index (κ3) is 5.06. The Morgan fingerprint density at radius 2 is 2.12 bits per heavy atom. The van der Waals surface area contributed by atoms with Crippen LogP contribution in [0.25, 0.3) is 16.9 Å². The van der Waals surface area contributed by atoms with Gasteiger partial charge in [-0.25, -0.2) is 13.9 Å². The number of pyridine rings is 1. The van der Waals surface area contributed by atoms with Gasteiger partial charge in [0.2, 0.25) is 0 Å². The average molecular weight is 479 g/mol. The molecule has 1 amide bonds. The van der Waals surface area contributed by atoms with Crippen molar-refractivity contribution in [3.63, 3.8) is 0 Å². The lowest BCUT2D eigenvalue weighted by Crippen LogP contribution is -2.54. The number of rotatable bonds is 8. The van der Waals surface area contributed by atoms with Gasteiger partial charge in [-0.1, -0.05) is 11.6 Å². The molecule has 1 aliphatic rings. The fourth-order valence-electron chi connectivity index (χ4n) is 3.19. The number of aliphatic hydroxyl groups is 2. The molecule has 0 aromatic carbocycles. The number of alkyl halides is 1. The summed E-state index contributed by atoms with van der Waals surface area (Å²) in [6.07, 6.45) is 4.37.